The summed E-state index contributed by atoms with van der Waals surface area (Å²) in [5.41, 5.74) is 3.76. The van der Waals surface area contributed by atoms with Crippen LogP contribution in [-0.2, 0) is 4.74 Å². The second-order valence-electron chi connectivity index (χ2n) is 3.64. The van der Waals surface area contributed by atoms with Crippen molar-refractivity contribution in [1.82, 2.24) is 4.98 Å². The number of hydrogen-bond acceptors (Lipinski definition) is 2. The van der Waals surface area contributed by atoms with Crippen LogP contribution < -0.4 is 5.46 Å². The molecule has 1 N–H and O–H groups in total. The van der Waals surface area contributed by atoms with E-state index in [-0.39, 0.29) is 5.97 Å². The lowest BCUT2D eigenvalue weighted by molar-refractivity contribution is 0.0603. The van der Waals surface area contributed by atoms with E-state index in [0.717, 1.165) is 21.9 Å². The largest absolute Gasteiger partial charge is 0.465 e. The van der Waals surface area contributed by atoms with Crippen molar-refractivity contribution in [3.05, 3.63) is 29.5 Å². The zero-order chi connectivity index (χ0) is 11.0. The topological polar surface area (TPSA) is 42.1 Å². The number of hydrogen-bond donors (Lipinski definition) is 1. The van der Waals surface area contributed by atoms with Gasteiger partial charge in [-0.15, -0.1) is 0 Å². The van der Waals surface area contributed by atoms with Crippen LogP contribution in [0.4, 0.5) is 0 Å². The van der Waals surface area contributed by atoms with Gasteiger partial charge in [0.15, 0.2) is 0 Å². The molecule has 76 valence electrons. The Bertz CT molecular complexity index is 531. The van der Waals surface area contributed by atoms with Crippen LogP contribution in [0.3, 0.4) is 0 Å². The SMILES string of the molecule is Bc1ccc(C(=O)OC)c2[nH]cc(C)c12. The van der Waals surface area contributed by atoms with Gasteiger partial charge in [0.05, 0.1) is 18.2 Å². The number of aromatic amines is 1. The molecule has 0 saturated heterocycles. The first kappa shape index (κ1) is 9.83. The molecule has 0 spiro atoms. The monoisotopic (exact) mass is 201 g/mol. The minimum Gasteiger partial charge on any atom is -0.465 e. The van der Waals surface area contributed by atoms with Crippen LogP contribution >= 0.6 is 0 Å². The third-order valence-corrected chi connectivity index (χ3v) is 2.65. The number of rotatable bonds is 1. The lowest BCUT2D eigenvalue weighted by Crippen LogP contribution is -2.09. The number of fused-ring (bicyclic) bond motifs is 1. The number of H-pyrrole nitrogens is 1. The first-order chi connectivity index (χ1) is 7.15. The zero-order valence-corrected chi connectivity index (χ0v) is 9.05. The van der Waals surface area contributed by atoms with Crippen LogP contribution in [-0.4, -0.2) is 25.9 Å². The van der Waals surface area contributed by atoms with Crippen molar-refractivity contribution in [2.45, 2.75) is 6.92 Å². The summed E-state index contributed by atoms with van der Waals surface area (Å²) < 4.78 is 4.73. The molecule has 0 aliphatic rings. The standard InChI is InChI=1S/C11H12BNO2/c1-6-5-13-10-7(11(14)15-2)3-4-8(12)9(6)10/h3-5,13H,12H2,1-2H3. The molecule has 3 nitrogen and oxygen atoms in total. The molecule has 0 radical (unpaired) electrons. The van der Waals surface area contributed by atoms with E-state index in [1.807, 2.05) is 27.0 Å². The quantitative estimate of drug-likeness (QED) is 0.539. The summed E-state index contributed by atoms with van der Waals surface area (Å²) in [5.74, 6) is -0.304. The van der Waals surface area contributed by atoms with Crippen LogP contribution in [0.25, 0.3) is 10.9 Å². The number of esters is 1. The number of carbonyl (C=O) groups is 1. The van der Waals surface area contributed by atoms with Gasteiger partial charge in [-0.2, -0.15) is 0 Å². The van der Waals surface area contributed by atoms with Crippen molar-refractivity contribution in [2.24, 2.45) is 0 Å². The Morgan fingerprint density at radius 2 is 2.20 bits per heavy atom. The number of ether oxygens (including phenoxy) is 1. The molecule has 2 aromatic rings. The van der Waals surface area contributed by atoms with E-state index in [0.29, 0.717) is 5.56 Å². The number of methoxy groups -OCH3 is 1. The summed E-state index contributed by atoms with van der Waals surface area (Å²) >= 11 is 0. The molecule has 0 saturated carbocycles. The summed E-state index contributed by atoms with van der Waals surface area (Å²) in [4.78, 5) is 14.6. The van der Waals surface area contributed by atoms with Crippen LogP contribution in [0.5, 0.6) is 0 Å². The van der Waals surface area contributed by atoms with Crippen LogP contribution in [0.15, 0.2) is 18.3 Å². The van der Waals surface area contributed by atoms with Gasteiger partial charge in [-0.25, -0.2) is 4.79 Å². The van der Waals surface area contributed by atoms with E-state index < -0.39 is 0 Å². The number of aryl methyl sites for hydroxylation is 1. The fourth-order valence-corrected chi connectivity index (χ4v) is 1.90. The summed E-state index contributed by atoms with van der Waals surface area (Å²) in [7, 11) is 3.42. The van der Waals surface area contributed by atoms with E-state index in [1.165, 1.54) is 7.11 Å². The van der Waals surface area contributed by atoms with Crippen molar-refractivity contribution in [3.8, 4) is 0 Å². The predicted octanol–water partition coefficient (Wildman–Crippen LogP) is 0.521. The first-order valence-corrected chi connectivity index (χ1v) is 4.80. The molecule has 4 heteroatoms. The number of aromatic nitrogens is 1. The average molecular weight is 201 g/mol. The molecular formula is C11H12BNO2. The predicted molar refractivity (Wildman–Crippen MR) is 62.6 cm³/mol. The van der Waals surface area contributed by atoms with E-state index in [9.17, 15) is 4.79 Å². The van der Waals surface area contributed by atoms with Gasteiger partial charge in [0, 0.05) is 6.20 Å². The highest BCUT2D eigenvalue weighted by atomic mass is 16.5. The molecule has 2 rings (SSSR count). The highest BCUT2D eigenvalue weighted by Gasteiger charge is 2.13. The maximum absolute atomic E-state index is 11.5. The third-order valence-electron chi connectivity index (χ3n) is 2.65. The normalized spacial score (nSPS) is 10.5. The zero-order valence-electron chi connectivity index (χ0n) is 9.05. The lowest BCUT2D eigenvalue weighted by atomic mass is 9.89. The Hall–Kier alpha value is -1.71. The summed E-state index contributed by atoms with van der Waals surface area (Å²) in [5, 5.41) is 1.11. The van der Waals surface area contributed by atoms with Gasteiger partial charge in [0.1, 0.15) is 7.85 Å². The van der Waals surface area contributed by atoms with Crippen LogP contribution in [0, 0.1) is 6.92 Å². The molecule has 0 unspecified atom stereocenters. The first-order valence-electron chi connectivity index (χ1n) is 4.80. The highest BCUT2D eigenvalue weighted by Crippen LogP contribution is 2.19. The molecular weight excluding hydrogens is 189 g/mol. The molecule has 0 aliphatic carbocycles. The van der Waals surface area contributed by atoms with Gasteiger partial charge < -0.3 is 9.72 Å². The van der Waals surface area contributed by atoms with Gasteiger partial charge in [-0.05, 0) is 23.9 Å². The maximum Gasteiger partial charge on any atom is 0.339 e. The number of nitrogens with one attached hydrogen (secondary N) is 1. The van der Waals surface area contributed by atoms with Gasteiger partial charge in [0.2, 0.25) is 0 Å². The van der Waals surface area contributed by atoms with Gasteiger partial charge in [-0.1, -0.05) is 11.5 Å². The van der Waals surface area contributed by atoms with Gasteiger partial charge in [-0.3, -0.25) is 0 Å². The fourth-order valence-electron chi connectivity index (χ4n) is 1.90. The third kappa shape index (κ3) is 1.42. The molecule has 1 heterocycles. The minimum atomic E-state index is -0.304. The molecule has 0 aliphatic heterocycles. The van der Waals surface area contributed by atoms with Crippen molar-refractivity contribution >= 4 is 30.2 Å². The van der Waals surface area contributed by atoms with Gasteiger partial charge >= 0.3 is 5.97 Å². The van der Waals surface area contributed by atoms with Crippen molar-refractivity contribution < 1.29 is 9.53 Å². The smallest absolute Gasteiger partial charge is 0.339 e. The lowest BCUT2D eigenvalue weighted by Gasteiger charge is -2.04. The number of benzene rings is 1. The van der Waals surface area contributed by atoms with E-state index >= 15 is 0 Å². The fraction of sp³-hybridized carbons (Fsp3) is 0.182. The molecule has 15 heavy (non-hydrogen) atoms. The average Bonchev–Trinajstić information content (AvgIpc) is 2.61. The van der Waals surface area contributed by atoms with Crippen LogP contribution in [0.1, 0.15) is 15.9 Å². The van der Waals surface area contributed by atoms with Crippen molar-refractivity contribution in [2.75, 3.05) is 7.11 Å². The van der Waals surface area contributed by atoms with E-state index in [2.05, 4.69) is 4.98 Å². The van der Waals surface area contributed by atoms with Crippen LogP contribution in [0.2, 0.25) is 0 Å². The van der Waals surface area contributed by atoms with E-state index in [4.69, 9.17) is 4.74 Å². The van der Waals surface area contributed by atoms with Crippen molar-refractivity contribution in [1.29, 1.82) is 0 Å². The Labute approximate surface area is 88.8 Å². The summed E-state index contributed by atoms with van der Waals surface area (Å²) in [6, 6.07) is 3.73. The molecule has 0 amide bonds. The minimum absolute atomic E-state index is 0.304. The maximum atomic E-state index is 11.5. The second kappa shape index (κ2) is 3.46. The molecule has 0 bridgehead atoms. The Kier molecular flexibility index (Phi) is 2.27. The Morgan fingerprint density at radius 3 is 2.87 bits per heavy atom. The Morgan fingerprint density at radius 1 is 1.47 bits per heavy atom. The van der Waals surface area contributed by atoms with E-state index in [1.54, 1.807) is 6.07 Å². The summed E-state index contributed by atoms with van der Waals surface area (Å²) in [6.45, 7) is 2.02. The number of carbonyl (C=O) groups excluding carboxylic acids is 1. The molecule has 0 fully saturated rings. The Balaban J connectivity index is 2.78. The second-order valence-corrected chi connectivity index (χ2v) is 3.64. The molecule has 1 aromatic carbocycles. The highest BCUT2D eigenvalue weighted by molar-refractivity contribution is 6.39. The van der Waals surface area contributed by atoms with Gasteiger partial charge in [0.25, 0.3) is 0 Å². The van der Waals surface area contributed by atoms with Crippen molar-refractivity contribution in [3.63, 3.8) is 0 Å². The molecule has 0 atom stereocenters. The molecule has 1 aromatic heterocycles. The summed E-state index contributed by atoms with van der Waals surface area (Å²) in [6.07, 6.45) is 1.91.